The Labute approximate surface area is 105 Å². The molecule has 0 atom stereocenters. The van der Waals surface area contributed by atoms with Gasteiger partial charge < -0.3 is 9.47 Å². The lowest BCUT2D eigenvalue weighted by atomic mass is 10.0. The van der Waals surface area contributed by atoms with Crippen LogP contribution in [-0.4, -0.2) is 12.7 Å². The Bertz CT molecular complexity index is 343. The molecule has 0 heterocycles. The molecule has 17 heavy (non-hydrogen) atoms. The third kappa shape index (κ3) is 3.95. The van der Waals surface area contributed by atoms with Crippen LogP contribution in [0, 0.1) is 0 Å². The topological polar surface area (TPSA) is 18.5 Å². The van der Waals surface area contributed by atoms with Gasteiger partial charge in [-0.2, -0.15) is 0 Å². The van der Waals surface area contributed by atoms with E-state index >= 15 is 0 Å². The Kier molecular flexibility index (Phi) is 5.33. The fourth-order valence-corrected chi connectivity index (χ4v) is 1.69. The highest BCUT2D eigenvalue weighted by Gasteiger charge is 2.14. The van der Waals surface area contributed by atoms with E-state index in [2.05, 4.69) is 26.8 Å². The minimum absolute atomic E-state index is 0.168. The van der Waals surface area contributed by atoms with Gasteiger partial charge >= 0.3 is 0 Å². The van der Waals surface area contributed by atoms with Gasteiger partial charge in [0, 0.05) is 5.56 Å². The average Bonchev–Trinajstić information content (AvgIpc) is 2.26. The third-order valence-electron chi connectivity index (χ3n) is 2.44. The summed E-state index contributed by atoms with van der Waals surface area (Å²) in [6.45, 7) is 11.3. The summed E-state index contributed by atoms with van der Waals surface area (Å²) in [6, 6.07) is 6.13. The van der Waals surface area contributed by atoms with E-state index in [1.165, 1.54) is 5.56 Å². The van der Waals surface area contributed by atoms with Crippen molar-refractivity contribution < 1.29 is 9.47 Å². The van der Waals surface area contributed by atoms with E-state index in [1.807, 2.05) is 26.0 Å². The van der Waals surface area contributed by atoms with Gasteiger partial charge in [-0.25, -0.2) is 0 Å². The summed E-state index contributed by atoms with van der Waals surface area (Å²) in [5.41, 5.74) is 1.22. The molecule has 1 rings (SSSR count). The first-order valence-corrected chi connectivity index (χ1v) is 6.48. The van der Waals surface area contributed by atoms with Crippen molar-refractivity contribution in [2.75, 3.05) is 6.61 Å². The fourth-order valence-electron chi connectivity index (χ4n) is 1.69. The molecule has 0 aromatic heterocycles. The predicted octanol–water partition coefficient (Wildman–Crippen LogP) is 4.39. The van der Waals surface area contributed by atoms with Crippen LogP contribution in [0.4, 0.5) is 0 Å². The lowest BCUT2D eigenvalue weighted by Gasteiger charge is -2.19. The molecule has 0 aliphatic heterocycles. The van der Waals surface area contributed by atoms with Crippen molar-refractivity contribution in [3.05, 3.63) is 23.8 Å². The minimum atomic E-state index is 0.168. The fraction of sp³-hybridized carbons (Fsp3) is 0.600. The molecule has 0 aliphatic carbocycles. The Morgan fingerprint density at radius 3 is 2.35 bits per heavy atom. The van der Waals surface area contributed by atoms with E-state index in [4.69, 9.17) is 9.47 Å². The maximum absolute atomic E-state index is 5.85. The first-order valence-electron chi connectivity index (χ1n) is 6.48. The molecule has 0 unspecified atom stereocenters. The SMILES string of the molecule is CCCOc1c(OC(C)C)cccc1C(C)C. The van der Waals surface area contributed by atoms with Crippen LogP contribution >= 0.6 is 0 Å². The van der Waals surface area contributed by atoms with E-state index in [-0.39, 0.29) is 6.10 Å². The van der Waals surface area contributed by atoms with Crippen molar-refractivity contribution in [3.8, 4) is 11.5 Å². The van der Waals surface area contributed by atoms with E-state index in [0.717, 1.165) is 24.5 Å². The number of para-hydroxylation sites is 1. The van der Waals surface area contributed by atoms with Gasteiger partial charge in [-0.3, -0.25) is 0 Å². The molecule has 96 valence electrons. The standard InChI is InChI=1S/C15H24O2/c1-6-10-16-15-13(11(2)3)8-7-9-14(15)17-12(4)5/h7-9,11-12H,6,10H2,1-5H3. The Hall–Kier alpha value is -1.18. The normalized spacial score (nSPS) is 11.0. The van der Waals surface area contributed by atoms with Crippen LogP contribution in [0.25, 0.3) is 0 Å². The van der Waals surface area contributed by atoms with Crippen LogP contribution in [-0.2, 0) is 0 Å². The highest BCUT2D eigenvalue weighted by atomic mass is 16.5. The molecule has 0 radical (unpaired) electrons. The zero-order valence-electron chi connectivity index (χ0n) is 11.6. The summed E-state index contributed by atoms with van der Waals surface area (Å²) in [5.74, 6) is 2.22. The maximum atomic E-state index is 5.85. The molecule has 1 aromatic rings. The monoisotopic (exact) mass is 236 g/mol. The number of hydrogen-bond donors (Lipinski definition) is 0. The summed E-state index contributed by atoms with van der Waals surface area (Å²) >= 11 is 0. The molecule has 1 aromatic carbocycles. The van der Waals surface area contributed by atoms with Crippen LogP contribution in [0.15, 0.2) is 18.2 Å². The van der Waals surface area contributed by atoms with Crippen LogP contribution in [0.2, 0.25) is 0 Å². The molecule has 0 saturated heterocycles. The van der Waals surface area contributed by atoms with E-state index in [1.54, 1.807) is 0 Å². The summed E-state index contributed by atoms with van der Waals surface area (Å²) in [5, 5.41) is 0. The quantitative estimate of drug-likeness (QED) is 0.729. The summed E-state index contributed by atoms with van der Waals surface area (Å²) < 4.78 is 11.7. The maximum Gasteiger partial charge on any atom is 0.164 e. The van der Waals surface area contributed by atoms with Crippen LogP contribution in [0.5, 0.6) is 11.5 Å². The van der Waals surface area contributed by atoms with Gasteiger partial charge in [0.25, 0.3) is 0 Å². The largest absolute Gasteiger partial charge is 0.489 e. The van der Waals surface area contributed by atoms with Crippen molar-refractivity contribution in [3.63, 3.8) is 0 Å². The van der Waals surface area contributed by atoms with Crippen LogP contribution < -0.4 is 9.47 Å². The number of benzene rings is 1. The highest BCUT2D eigenvalue weighted by molar-refractivity contribution is 5.48. The second-order valence-electron chi connectivity index (χ2n) is 4.84. The van der Waals surface area contributed by atoms with E-state index < -0.39 is 0 Å². The van der Waals surface area contributed by atoms with Crippen molar-refractivity contribution >= 4 is 0 Å². The molecule has 0 fully saturated rings. The van der Waals surface area contributed by atoms with E-state index in [0.29, 0.717) is 5.92 Å². The molecule has 0 aliphatic rings. The zero-order chi connectivity index (χ0) is 12.8. The van der Waals surface area contributed by atoms with Crippen molar-refractivity contribution in [1.82, 2.24) is 0 Å². The molecule has 2 heteroatoms. The van der Waals surface area contributed by atoms with Crippen molar-refractivity contribution in [2.24, 2.45) is 0 Å². The molecule has 2 nitrogen and oxygen atoms in total. The molecular weight excluding hydrogens is 212 g/mol. The molecule has 0 bridgehead atoms. The molecule has 0 N–H and O–H groups in total. The summed E-state index contributed by atoms with van der Waals surface area (Å²) in [4.78, 5) is 0. The highest BCUT2D eigenvalue weighted by Crippen LogP contribution is 2.36. The summed E-state index contributed by atoms with van der Waals surface area (Å²) in [6.07, 6.45) is 1.18. The van der Waals surface area contributed by atoms with Gasteiger partial charge in [0.15, 0.2) is 11.5 Å². The minimum Gasteiger partial charge on any atom is -0.489 e. The van der Waals surface area contributed by atoms with E-state index in [9.17, 15) is 0 Å². The molecule has 0 amide bonds. The third-order valence-corrected chi connectivity index (χ3v) is 2.44. The Morgan fingerprint density at radius 1 is 1.12 bits per heavy atom. The van der Waals surface area contributed by atoms with Crippen molar-refractivity contribution in [2.45, 2.75) is 53.1 Å². The van der Waals surface area contributed by atoms with Gasteiger partial charge in [0.05, 0.1) is 12.7 Å². The average molecular weight is 236 g/mol. The Morgan fingerprint density at radius 2 is 1.82 bits per heavy atom. The molecule has 0 saturated carbocycles. The predicted molar refractivity (Wildman–Crippen MR) is 72.1 cm³/mol. The van der Waals surface area contributed by atoms with Gasteiger partial charge in [0.1, 0.15) is 0 Å². The van der Waals surface area contributed by atoms with Gasteiger partial charge in [0.2, 0.25) is 0 Å². The molecule has 0 spiro atoms. The lowest BCUT2D eigenvalue weighted by molar-refractivity contribution is 0.219. The molecular formula is C15H24O2. The number of ether oxygens (including phenoxy) is 2. The second-order valence-corrected chi connectivity index (χ2v) is 4.84. The lowest BCUT2D eigenvalue weighted by Crippen LogP contribution is -2.09. The van der Waals surface area contributed by atoms with Crippen LogP contribution in [0.3, 0.4) is 0 Å². The first kappa shape index (κ1) is 13.9. The van der Waals surface area contributed by atoms with Crippen molar-refractivity contribution in [1.29, 1.82) is 0 Å². The summed E-state index contributed by atoms with van der Waals surface area (Å²) in [7, 11) is 0. The van der Waals surface area contributed by atoms with Gasteiger partial charge in [-0.05, 0) is 32.3 Å². The zero-order valence-corrected chi connectivity index (χ0v) is 11.6. The number of rotatable bonds is 6. The number of hydrogen-bond acceptors (Lipinski definition) is 2. The van der Waals surface area contributed by atoms with Gasteiger partial charge in [-0.1, -0.05) is 32.9 Å². The smallest absolute Gasteiger partial charge is 0.164 e. The first-order chi connectivity index (χ1) is 8.06. The van der Waals surface area contributed by atoms with Gasteiger partial charge in [-0.15, -0.1) is 0 Å². The Balaban J connectivity index is 3.05. The second kappa shape index (κ2) is 6.53. The van der Waals surface area contributed by atoms with Crippen LogP contribution in [0.1, 0.15) is 52.5 Å².